The number of hydrogen-bond donors (Lipinski definition) is 1. The van der Waals surface area contributed by atoms with E-state index in [0.717, 1.165) is 35.6 Å². The lowest BCUT2D eigenvalue weighted by Crippen LogP contribution is -2.26. The molecule has 5 heteroatoms. The van der Waals surface area contributed by atoms with E-state index in [0.29, 0.717) is 6.54 Å². The van der Waals surface area contributed by atoms with E-state index in [1.807, 2.05) is 19.1 Å². The third-order valence-corrected chi connectivity index (χ3v) is 3.81. The second-order valence-corrected chi connectivity index (χ2v) is 5.15. The Bertz CT molecular complexity index is 522. The molecule has 1 aliphatic carbocycles. The van der Waals surface area contributed by atoms with Crippen molar-refractivity contribution in [3.8, 4) is 11.5 Å². The van der Waals surface area contributed by atoms with Gasteiger partial charge in [0, 0.05) is 18.3 Å². The monoisotopic (exact) mass is 263 g/mol. The molecule has 0 aromatic heterocycles. The van der Waals surface area contributed by atoms with Gasteiger partial charge in [0.25, 0.3) is 0 Å². The highest BCUT2D eigenvalue weighted by Gasteiger charge is 2.50. The molecule has 3 rings (SSSR count). The van der Waals surface area contributed by atoms with Gasteiger partial charge in [-0.05, 0) is 31.4 Å². The summed E-state index contributed by atoms with van der Waals surface area (Å²) in [7, 11) is 1.44. The fraction of sp³-hybridized carbons (Fsp3) is 0.500. The number of ether oxygens (including phenoxy) is 3. The van der Waals surface area contributed by atoms with Gasteiger partial charge in [0.05, 0.1) is 12.5 Å². The van der Waals surface area contributed by atoms with Gasteiger partial charge in [-0.3, -0.25) is 4.79 Å². The first kappa shape index (κ1) is 12.1. The van der Waals surface area contributed by atoms with E-state index in [1.165, 1.54) is 7.11 Å². The van der Waals surface area contributed by atoms with Crippen LogP contribution in [-0.4, -0.2) is 26.4 Å². The van der Waals surface area contributed by atoms with E-state index < -0.39 is 0 Å². The molecule has 0 amide bonds. The molecule has 0 radical (unpaired) electrons. The van der Waals surface area contributed by atoms with Crippen LogP contribution >= 0.6 is 0 Å². The van der Waals surface area contributed by atoms with Crippen molar-refractivity contribution in [2.24, 2.45) is 5.41 Å². The van der Waals surface area contributed by atoms with E-state index >= 15 is 0 Å². The third-order valence-electron chi connectivity index (χ3n) is 3.81. The number of nitrogens with one attached hydrogen (secondary N) is 1. The van der Waals surface area contributed by atoms with Crippen LogP contribution < -0.4 is 14.8 Å². The molecule has 0 bridgehead atoms. The Labute approximate surface area is 111 Å². The van der Waals surface area contributed by atoms with Crippen LogP contribution in [0.1, 0.15) is 18.4 Å². The maximum atomic E-state index is 11.7. The van der Waals surface area contributed by atoms with Crippen LogP contribution in [0.3, 0.4) is 0 Å². The van der Waals surface area contributed by atoms with Gasteiger partial charge in [0.2, 0.25) is 6.79 Å². The molecular formula is C14H17NO4. The molecule has 0 saturated heterocycles. The fourth-order valence-electron chi connectivity index (χ4n) is 2.32. The van der Waals surface area contributed by atoms with E-state index in [1.54, 1.807) is 0 Å². The topological polar surface area (TPSA) is 56.8 Å². The quantitative estimate of drug-likeness (QED) is 0.843. The van der Waals surface area contributed by atoms with Crippen LogP contribution in [0.5, 0.6) is 11.5 Å². The van der Waals surface area contributed by atoms with Crippen molar-refractivity contribution in [2.45, 2.75) is 19.8 Å². The lowest BCUT2D eigenvalue weighted by Gasteiger charge is -2.16. The number of rotatable bonds is 4. The second-order valence-electron chi connectivity index (χ2n) is 5.15. The molecule has 1 saturated carbocycles. The summed E-state index contributed by atoms with van der Waals surface area (Å²) in [5, 5.41) is 3.32. The van der Waals surface area contributed by atoms with Crippen molar-refractivity contribution in [1.82, 2.24) is 0 Å². The smallest absolute Gasteiger partial charge is 0.313 e. The summed E-state index contributed by atoms with van der Waals surface area (Å²) < 4.78 is 15.5. The summed E-state index contributed by atoms with van der Waals surface area (Å²) in [6, 6.07) is 3.87. The molecule has 102 valence electrons. The zero-order chi connectivity index (χ0) is 13.5. The zero-order valence-corrected chi connectivity index (χ0v) is 11.1. The Hall–Kier alpha value is -1.91. The minimum Gasteiger partial charge on any atom is -0.469 e. The van der Waals surface area contributed by atoms with Crippen LogP contribution in [0.2, 0.25) is 0 Å². The summed E-state index contributed by atoms with van der Waals surface area (Å²) in [5.74, 6) is 1.39. The van der Waals surface area contributed by atoms with Gasteiger partial charge < -0.3 is 19.5 Å². The van der Waals surface area contributed by atoms with Gasteiger partial charge in [-0.25, -0.2) is 0 Å². The number of esters is 1. The first-order valence-electron chi connectivity index (χ1n) is 6.37. The van der Waals surface area contributed by atoms with Crippen molar-refractivity contribution in [3.05, 3.63) is 17.7 Å². The first-order chi connectivity index (χ1) is 9.14. The third kappa shape index (κ3) is 2.09. The highest BCUT2D eigenvalue weighted by Crippen LogP contribution is 2.47. The van der Waals surface area contributed by atoms with Crippen LogP contribution in [0, 0.1) is 12.3 Å². The SMILES string of the molecule is COC(=O)C1(CNc2cc3c(cc2C)OCO3)CC1. The Morgan fingerprint density at radius 2 is 2.05 bits per heavy atom. The number of carbonyl (C=O) groups excluding carboxylic acids is 1. The molecule has 2 aliphatic rings. The van der Waals surface area contributed by atoms with Crippen LogP contribution in [0.25, 0.3) is 0 Å². The number of anilines is 1. The molecule has 1 heterocycles. The average Bonchev–Trinajstić information content (AvgIpc) is 3.08. The fourth-order valence-corrected chi connectivity index (χ4v) is 2.32. The second kappa shape index (κ2) is 4.33. The Balaban J connectivity index is 1.72. The minimum absolute atomic E-state index is 0.126. The highest BCUT2D eigenvalue weighted by atomic mass is 16.7. The molecule has 1 aromatic carbocycles. The normalized spacial score (nSPS) is 18.0. The van der Waals surface area contributed by atoms with Gasteiger partial charge in [-0.1, -0.05) is 0 Å². The standard InChI is InChI=1S/C14H17NO4/c1-9-5-11-12(19-8-18-11)6-10(9)15-7-14(3-4-14)13(16)17-2/h5-6,15H,3-4,7-8H2,1-2H3. The number of fused-ring (bicyclic) bond motifs is 1. The largest absolute Gasteiger partial charge is 0.469 e. The maximum absolute atomic E-state index is 11.7. The van der Waals surface area contributed by atoms with Gasteiger partial charge in [-0.15, -0.1) is 0 Å². The van der Waals surface area contributed by atoms with Gasteiger partial charge in [0.1, 0.15) is 0 Å². The molecule has 19 heavy (non-hydrogen) atoms. The van der Waals surface area contributed by atoms with Crippen LogP contribution in [0.15, 0.2) is 12.1 Å². The van der Waals surface area contributed by atoms with Crippen molar-refractivity contribution in [2.75, 3.05) is 25.8 Å². The number of benzene rings is 1. The lowest BCUT2D eigenvalue weighted by atomic mass is 10.1. The summed E-state index contributed by atoms with van der Waals surface area (Å²) in [5.41, 5.74) is 1.71. The molecule has 0 spiro atoms. The molecular weight excluding hydrogens is 246 g/mol. The Morgan fingerprint density at radius 3 is 2.68 bits per heavy atom. The van der Waals surface area contributed by atoms with E-state index in [-0.39, 0.29) is 18.2 Å². The van der Waals surface area contributed by atoms with E-state index in [9.17, 15) is 4.79 Å². The van der Waals surface area contributed by atoms with Gasteiger partial charge in [0.15, 0.2) is 11.5 Å². The Morgan fingerprint density at radius 1 is 1.37 bits per heavy atom. The van der Waals surface area contributed by atoms with E-state index in [2.05, 4.69) is 5.32 Å². The maximum Gasteiger partial charge on any atom is 0.313 e. The summed E-state index contributed by atoms with van der Waals surface area (Å²) >= 11 is 0. The predicted octanol–water partition coefficient (Wildman–Crippen LogP) is 2.09. The summed E-state index contributed by atoms with van der Waals surface area (Å²) in [6.45, 7) is 2.87. The predicted molar refractivity (Wildman–Crippen MR) is 69.5 cm³/mol. The van der Waals surface area contributed by atoms with Crippen molar-refractivity contribution < 1.29 is 19.0 Å². The summed E-state index contributed by atoms with van der Waals surface area (Å²) in [6.07, 6.45) is 1.77. The molecule has 1 aliphatic heterocycles. The molecule has 1 fully saturated rings. The lowest BCUT2D eigenvalue weighted by molar-refractivity contribution is -0.146. The first-order valence-corrected chi connectivity index (χ1v) is 6.37. The molecule has 5 nitrogen and oxygen atoms in total. The Kier molecular flexibility index (Phi) is 2.77. The van der Waals surface area contributed by atoms with Gasteiger partial charge in [-0.2, -0.15) is 0 Å². The number of methoxy groups -OCH3 is 1. The highest BCUT2D eigenvalue weighted by molar-refractivity contribution is 5.80. The minimum atomic E-state index is -0.336. The number of aryl methyl sites for hydroxylation is 1. The van der Waals surface area contributed by atoms with Gasteiger partial charge >= 0.3 is 5.97 Å². The van der Waals surface area contributed by atoms with E-state index in [4.69, 9.17) is 14.2 Å². The van der Waals surface area contributed by atoms with Crippen molar-refractivity contribution in [3.63, 3.8) is 0 Å². The van der Waals surface area contributed by atoms with Crippen LogP contribution in [-0.2, 0) is 9.53 Å². The molecule has 1 N–H and O–H groups in total. The molecule has 0 unspecified atom stereocenters. The molecule has 0 atom stereocenters. The molecule has 1 aromatic rings. The number of hydrogen-bond acceptors (Lipinski definition) is 5. The average molecular weight is 263 g/mol. The van der Waals surface area contributed by atoms with Crippen molar-refractivity contribution in [1.29, 1.82) is 0 Å². The summed E-state index contributed by atoms with van der Waals surface area (Å²) in [4.78, 5) is 11.7. The zero-order valence-electron chi connectivity index (χ0n) is 11.1. The van der Waals surface area contributed by atoms with Crippen LogP contribution in [0.4, 0.5) is 5.69 Å². The van der Waals surface area contributed by atoms with Crippen molar-refractivity contribution >= 4 is 11.7 Å². The number of carbonyl (C=O) groups is 1.